The van der Waals surface area contributed by atoms with Gasteiger partial charge in [0.25, 0.3) is 5.91 Å². The molecule has 1 aliphatic heterocycles. The number of pyridine rings is 1. The summed E-state index contributed by atoms with van der Waals surface area (Å²) in [5, 5.41) is 8.32. The van der Waals surface area contributed by atoms with Gasteiger partial charge in [0.1, 0.15) is 0 Å². The first kappa shape index (κ1) is 19.9. The lowest BCUT2D eigenvalue weighted by Crippen LogP contribution is -2.34. The molecule has 2 fully saturated rings. The molecule has 7 heteroatoms. The SMILES string of the molecule is CC(C)n1ncc2c(C(=O)NCCCN3CCCCCC3=O)cc(C3CC3)nc21. The normalized spacial score (nSPS) is 17.8. The van der Waals surface area contributed by atoms with E-state index in [-0.39, 0.29) is 17.9 Å². The summed E-state index contributed by atoms with van der Waals surface area (Å²) >= 11 is 0. The third kappa shape index (κ3) is 4.43. The van der Waals surface area contributed by atoms with Crippen molar-refractivity contribution in [2.24, 2.45) is 0 Å². The number of likely N-dealkylation sites (tertiary alicyclic amines) is 1. The molecule has 2 aromatic rings. The maximum absolute atomic E-state index is 12.9. The van der Waals surface area contributed by atoms with Crippen LogP contribution in [0.3, 0.4) is 0 Å². The second-order valence-corrected chi connectivity index (χ2v) is 8.59. The van der Waals surface area contributed by atoms with Crippen molar-refractivity contribution < 1.29 is 9.59 Å². The Labute approximate surface area is 171 Å². The van der Waals surface area contributed by atoms with Gasteiger partial charge in [-0.05, 0) is 52.0 Å². The van der Waals surface area contributed by atoms with Gasteiger partial charge < -0.3 is 10.2 Å². The van der Waals surface area contributed by atoms with Crippen LogP contribution in [0.2, 0.25) is 0 Å². The molecular weight excluding hydrogens is 366 g/mol. The van der Waals surface area contributed by atoms with Crippen molar-refractivity contribution in [2.75, 3.05) is 19.6 Å². The van der Waals surface area contributed by atoms with Crippen LogP contribution in [-0.4, -0.2) is 51.1 Å². The third-order valence-electron chi connectivity index (χ3n) is 5.88. The molecule has 1 saturated carbocycles. The van der Waals surface area contributed by atoms with Crippen molar-refractivity contribution in [1.82, 2.24) is 25.0 Å². The fraction of sp³-hybridized carbons (Fsp3) is 0.636. The average molecular weight is 398 g/mol. The van der Waals surface area contributed by atoms with Crippen molar-refractivity contribution in [2.45, 2.75) is 70.8 Å². The summed E-state index contributed by atoms with van der Waals surface area (Å²) in [5.74, 6) is 0.639. The Morgan fingerprint density at radius 2 is 2.10 bits per heavy atom. The molecule has 1 N–H and O–H groups in total. The Bertz CT molecular complexity index is 900. The molecule has 156 valence electrons. The van der Waals surface area contributed by atoms with Crippen molar-refractivity contribution in [3.8, 4) is 0 Å². The molecule has 2 aromatic heterocycles. The van der Waals surface area contributed by atoms with Gasteiger partial charge in [0.2, 0.25) is 5.91 Å². The Kier molecular flexibility index (Phi) is 5.83. The predicted molar refractivity (Wildman–Crippen MR) is 112 cm³/mol. The number of carbonyl (C=O) groups excluding carboxylic acids is 2. The van der Waals surface area contributed by atoms with E-state index >= 15 is 0 Å². The topological polar surface area (TPSA) is 80.1 Å². The van der Waals surface area contributed by atoms with Crippen LogP contribution < -0.4 is 5.32 Å². The smallest absolute Gasteiger partial charge is 0.252 e. The lowest BCUT2D eigenvalue weighted by atomic mass is 10.1. The minimum Gasteiger partial charge on any atom is -0.352 e. The molecule has 1 aliphatic carbocycles. The van der Waals surface area contributed by atoms with Crippen LogP contribution in [0.15, 0.2) is 12.3 Å². The quantitative estimate of drug-likeness (QED) is 0.726. The molecular formula is C22H31N5O2. The van der Waals surface area contributed by atoms with Gasteiger partial charge in [0.05, 0.1) is 17.1 Å². The van der Waals surface area contributed by atoms with E-state index in [2.05, 4.69) is 24.3 Å². The minimum absolute atomic E-state index is 0.0789. The molecule has 1 saturated heterocycles. The fourth-order valence-corrected chi connectivity index (χ4v) is 4.03. The zero-order chi connectivity index (χ0) is 20.4. The van der Waals surface area contributed by atoms with Crippen LogP contribution >= 0.6 is 0 Å². The first-order valence-corrected chi connectivity index (χ1v) is 11.0. The Hall–Kier alpha value is -2.44. The molecule has 2 aliphatic rings. The second kappa shape index (κ2) is 8.51. The van der Waals surface area contributed by atoms with Gasteiger partial charge in [0.15, 0.2) is 5.65 Å². The van der Waals surface area contributed by atoms with E-state index in [4.69, 9.17) is 4.98 Å². The van der Waals surface area contributed by atoms with Crippen molar-refractivity contribution in [3.63, 3.8) is 0 Å². The Morgan fingerprint density at radius 3 is 2.86 bits per heavy atom. The lowest BCUT2D eigenvalue weighted by Gasteiger charge is -2.20. The fourth-order valence-electron chi connectivity index (χ4n) is 4.03. The molecule has 0 spiro atoms. The second-order valence-electron chi connectivity index (χ2n) is 8.59. The van der Waals surface area contributed by atoms with Gasteiger partial charge in [-0.25, -0.2) is 9.67 Å². The van der Waals surface area contributed by atoms with Crippen LogP contribution in [0.5, 0.6) is 0 Å². The van der Waals surface area contributed by atoms with E-state index in [9.17, 15) is 9.59 Å². The van der Waals surface area contributed by atoms with E-state index in [0.717, 1.165) is 61.8 Å². The summed E-state index contributed by atoms with van der Waals surface area (Å²) in [4.78, 5) is 31.8. The number of aromatic nitrogens is 3. The first-order valence-electron chi connectivity index (χ1n) is 11.0. The van der Waals surface area contributed by atoms with Crippen molar-refractivity contribution in [1.29, 1.82) is 0 Å². The molecule has 3 heterocycles. The number of amides is 2. The van der Waals surface area contributed by atoms with Gasteiger partial charge in [-0.3, -0.25) is 9.59 Å². The van der Waals surface area contributed by atoms with Crippen molar-refractivity contribution >= 4 is 22.8 Å². The van der Waals surface area contributed by atoms with Gasteiger partial charge in [-0.2, -0.15) is 5.10 Å². The summed E-state index contributed by atoms with van der Waals surface area (Å²) in [6, 6.07) is 2.14. The minimum atomic E-state index is -0.0789. The summed E-state index contributed by atoms with van der Waals surface area (Å²) < 4.78 is 1.89. The number of hydrogen-bond donors (Lipinski definition) is 1. The highest BCUT2D eigenvalue weighted by atomic mass is 16.2. The third-order valence-corrected chi connectivity index (χ3v) is 5.88. The summed E-state index contributed by atoms with van der Waals surface area (Å²) in [6.07, 6.45) is 8.67. The van der Waals surface area contributed by atoms with Crippen LogP contribution in [0.1, 0.15) is 86.8 Å². The number of rotatable bonds is 7. The standard InChI is InChI=1S/C22H31N5O2/c1-15(2)27-21-18(14-24-27)17(13-19(25-21)16-8-9-16)22(29)23-10-6-12-26-11-5-3-4-7-20(26)28/h13-16H,3-12H2,1-2H3,(H,23,29). The van der Waals surface area contributed by atoms with Crippen LogP contribution in [-0.2, 0) is 4.79 Å². The zero-order valence-corrected chi connectivity index (χ0v) is 17.5. The van der Waals surface area contributed by atoms with Crippen LogP contribution in [0.4, 0.5) is 0 Å². The lowest BCUT2D eigenvalue weighted by molar-refractivity contribution is -0.130. The predicted octanol–water partition coefficient (Wildman–Crippen LogP) is 3.41. The number of hydrogen-bond acceptors (Lipinski definition) is 4. The molecule has 0 unspecified atom stereocenters. The summed E-state index contributed by atoms with van der Waals surface area (Å²) in [7, 11) is 0. The average Bonchev–Trinajstić information content (AvgIpc) is 3.49. The molecule has 7 nitrogen and oxygen atoms in total. The highest BCUT2D eigenvalue weighted by Crippen LogP contribution is 2.40. The van der Waals surface area contributed by atoms with Gasteiger partial charge in [0, 0.05) is 43.7 Å². The molecule has 0 bridgehead atoms. The molecule has 0 aromatic carbocycles. The first-order chi connectivity index (χ1) is 14.0. The Balaban J connectivity index is 1.43. The highest BCUT2D eigenvalue weighted by molar-refractivity contribution is 6.05. The highest BCUT2D eigenvalue weighted by Gasteiger charge is 2.28. The number of nitrogens with zero attached hydrogens (tertiary/aromatic N) is 4. The van der Waals surface area contributed by atoms with Gasteiger partial charge in [-0.15, -0.1) is 0 Å². The molecule has 29 heavy (non-hydrogen) atoms. The maximum atomic E-state index is 12.9. The molecule has 4 rings (SSSR count). The molecule has 0 atom stereocenters. The van der Waals surface area contributed by atoms with Crippen LogP contribution in [0.25, 0.3) is 11.0 Å². The summed E-state index contributed by atoms with van der Waals surface area (Å²) in [6.45, 7) is 6.26. The zero-order valence-electron chi connectivity index (χ0n) is 17.5. The number of carbonyl (C=O) groups is 2. The van der Waals surface area contributed by atoms with Crippen molar-refractivity contribution in [3.05, 3.63) is 23.5 Å². The monoisotopic (exact) mass is 397 g/mol. The molecule has 2 amide bonds. The Morgan fingerprint density at radius 1 is 1.28 bits per heavy atom. The number of fused-ring (bicyclic) bond motifs is 1. The van der Waals surface area contributed by atoms with Gasteiger partial charge in [-0.1, -0.05) is 6.42 Å². The van der Waals surface area contributed by atoms with E-state index in [0.29, 0.717) is 31.0 Å². The largest absolute Gasteiger partial charge is 0.352 e. The molecule has 0 radical (unpaired) electrons. The van der Waals surface area contributed by atoms with E-state index < -0.39 is 0 Å². The van der Waals surface area contributed by atoms with E-state index in [1.54, 1.807) is 6.20 Å². The van der Waals surface area contributed by atoms with Gasteiger partial charge >= 0.3 is 0 Å². The van der Waals surface area contributed by atoms with Crippen LogP contribution in [0, 0.1) is 0 Å². The summed E-state index contributed by atoms with van der Waals surface area (Å²) in [5.41, 5.74) is 2.46. The van der Waals surface area contributed by atoms with E-state index in [1.165, 1.54) is 0 Å². The maximum Gasteiger partial charge on any atom is 0.252 e. The number of nitrogens with one attached hydrogen (secondary N) is 1. The van der Waals surface area contributed by atoms with E-state index in [1.807, 2.05) is 15.6 Å².